The Kier molecular flexibility index (Phi) is 7.34. The molecule has 4 heteroatoms. The molecule has 0 aliphatic carbocycles. The van der Waals surface area contributed by atoms with E-state index in [0.717, 1.165) is 31.8 Å². The van der Waals surface area contributed by atoms with Crippen LogP contribution in [0.3, 0.4) is 0 Å². The Morgan fingerprint density at radius 2 is 2.05 bits per heavy atom. The van der Waals surface area contributed by atoms with Crippen molar-refractivity contribution < 1.29 is 4.74 Å². The van der Waals surface area contributed by atoms with Crippen molar-refractivity contribution >= 4 is 11.6 Å². The van der Waals surface area contributed by atoms with Gasteiger partial charge in [-0.2, -0.15) is 0 Å². The number of rotatable bonds is 8. The van der Waals surface area contributed by atoms with Gasteiger partial charge in [0.25, 0.3) is 0 Å². The first kappa shape index (κ1) is 16.6. The van der Waals surface area contributed by atoms with Crippen LogP contribution in [0.15, 0.2) is 18.2 Å². The Bertz CT molecular complexity index is 419. The summed E-state index contributed by atoms with van der Waals surface area (Å²) in [5.74, 6) is 0.799. The van der Waals surface area contributed by atoms with E-state index >= 15 is 0 Å². The number of hydrogen-bond acceptors (Lipinski definition) is 3. The van der Waals surface area contributed by atoms with Crippen molar-refractivity contribution in [1.82, 2.24) is 10.2 Å². The van der Waals surface area contributed by atoms with Gasteiger partial charge in [-0.25, -0.2) is 0 Å². The lowest BCUT2D eigenvalue weighted by molar-refractivity contribution is 0.183. The average Bonchev–Trinajstić information content (AvgIpc) is 2.51. The van der Waals surface area contributed by atoms with E-state index in [4.69, 9.17) is 16.3 Å². The number of ether oxygens (including phenoxy) is 1. The molecule has 1 aromatic rings. The maximum atomic E-state index is 6.30. The smallest absolute Gasteiger partial charge is 0.137 e. The molecule has 1 aromatic carbocycles. The highest BCUT2D eigenvalue weighted by Gasteiger charge is 2.10. The van der Waals surface area contributed by atoms with E-state index in [-0.39, 0.29) is 0 Å². The Hall–Kier alpha value is -0.770. The second-order valence-corrected chi connectivity index (χ2v) is 6.10. The summed E-state index contributed by atoms with van der Waals surface area (Å²) in [7, 11) is 0. The topological polar surface area (TPSA) is 24.5 Å². The van der Waals surface area contributed by atoms with Crippen LogP contribution in [0.5, 0.6) is 5.75 Å². The normalized spacial score (nSPS) is 16.1. The molecule has 0 saturated carbocycles. The van der Waals surface area contributed by atoms with Crippen LogP contribution in [-0.4, -0.2) is 37.7 Å². The zero-order chi connectivity index (χ0) is 14.9. The summed E-state index contributed by atoms with van der Waals surface area (Å²) in [5.41, 5.74) is 1.21. The van der Waals surface area contributed by atoms with Gasteiger partial charge in [0.05, 0.1) is 5.02 Å². The van der Waals surface area contributed by atoms with Gasteiger partial charge >= 0.3 is 0 Å². The van der Waals surface area contributed by atoms with Crippen molar-refractivity contribution in [3.63, 3.8) is 0 Å². The monoisotopic (exact) mass is 310 g/mol. The summed E-state index contributed by atoms with van der Waals surface area (Å²) in [5, 5.41) is 4.09. The van der Waals surface area contributed by atoms with Crippen molar-refractivity contribution in [3.05, 3.63) is 28.8 Å². The molecule has 1 heterocycles. The summed E-state index contributed by atoms with van der Waals surface area (Å²) in [4.78, 5) is 2.47. The van der Waals surface area contributed by atoms with E-state index < -0.39 is 0 Å². The summed E-state index contributed by atoms with van der Waals surface area (Å²) in [6, 6.07) is 6.08. The first-order chi connectivity index (χ1) is 10.3. The molecule has 1 aliphatic rings. The van der Waals surface area contributed by atoms with Crippen LogP contribution in [0.2, 0.25) is 5.02 Å². The molecular formula is C17H27ClN2O. The molecule has 0 aromatic heterocycles. The fourth-order valence-electron chi connectivity index (χ4n) is 2.65. The number of benzene rings is 1. The summed E-state index contributed by atoms with van der Waals surface area (Å²) in [6.07, 6.45) is 5.16. The quantitative estimate of drug-likeness (QED) is 0.741. The molecule has 0 unspecified atom stereocenters. The maximum Gasteiger partial charge on any atom is 0.137 e. The van der Waals surface area contributed by atoms with Crippen LogP contribution in [0.1, 0.15) is 38.2 Å². The molecule has 118 valence electrons. The molecule has 0 radical (unpaired) electrons. The van der Waals surface area contributed by atoms with Gasteiger partial charge in [0, 0.05) is 13.1 Å². The molecule has 3 nitrogen and oxygen atoms in total. The predicted molar refractivity (Wildman–Crippen MR) is 89.2 cm³/mol. The zero-order valence-corrected chi connectivity index (χ0v) is 13.8. The third kappa shape index (κ3) is 5.85. The molecule has 21 heavy (non-hydrogen) atoms. The lowest BCUT2D eigenvalue weighted by Gasteiger charge is -2.26. The lowest BCUT2D eigenvalue weighted by atomic mass is 10.1. The van der Waals surface area contributed by atoms with Crippen LogP contribution in [0, 0.1) is 0 Å². The van der Waals surface area contributed by atoms with Gasteiger partial charge in [0.15, 0.2) is 0 Å². The van der Waals surface area contributed by atoms with Crippen molar-refractivity contribution in [2.24, 2.45) is 0 Å². The first-order valence-corrected chi connectivity index (χ1v) is 8.51. The van der Waals surface area contributed by atoms with Crippen molar-refractivity contribution in [3.8, 4) is 5.75 Å². The van der Waals surface area contributed by atoms with Gasteiger partial charge in [0.1, 0.15) is 12.4 Å². The van der Waals surface area contributed by atoms with E-state index in [1.165, 1.54) is 37.9 Å². The largest absolute Gasteiger partial charge is 0.491 e. The number of likely N-dealkylation sites (tertiary alicyclic amines) is 1. The highest BCUT2D eigenvalue weighted by atomic mass is 35.5. The molecule has 1 fully saturated rings. The molecule has 0 amide bonds. The van der Waals surface area contributed by atoms with E-state index in [0.29, 0.717) is 11.6 Å². The van der Waals surface area contributed by atoms with E-state index in [1.54, 1.807) is 0 Å². The van der Waals surface area contributed by atoms with Gasteiger partial charge < -0.3 is 10.1 Å². The minimum atomic E-state index is 0.712. The second-order valence-electron chi connectivity index (χ2n) is 5.69. The molecular weight excluding hydrogens is 284 g/mol. The first-order valence-electron chi connectivity index (χ1n) is 8.14. The fraction of sp³-hybridized carbons (Fsp3) is 0.647. The number of nitrogens with one attached hydrogen (secondary N) is 1. The summed E-state index contributed by atoms with van der Waals surface area (Å²) >= 11 is 6.30. The molecule has 1 aliphatic heterocycles. The Balaban J connectivity index is 1.74. The van der Waals surface area contributed by atoms with Crippen molar-refractivity contribution in [1.29, 1.82) is 0 Å². The van der Waals surface area contributed by atoms with Crippen LogP contribution in [-0.2, 0) is 6.54 Å². The van der Waals surface area contributed by atoms with Crippen LogP contribution < -0.4 is 10.1 Å². The fourth-order valence-corrected chi connectivity index (χ4v) is 2.91. The van der Waals surface area contributed by atoms with Crippen LogP contribution >= 0.6 is 11.6 Å². The standard InChI is InChI=1S/C17H27ClN2O/c1-2-8-19-14-15-6-7-17(16(18)13-15)21-12-11-20-9-4-3-5-10-20/h6-7,13,19H,2-5,8-12,14H2,1H3. The van der Waals surface area contributed by atoms with E-state index in [9.17, 15) is 0 Å². The van der Waals surface area contributed by atoms with Crippen molar-refractivity contribution in [2.45, 2.75) is 39.2 Å². The third-order valence-electron chi connectivity index (χ3n) is 3.87. The Morgan fingerprint density at radius 3 is 2.76 bits per heavy atom. The molecule has 0 bridgehead atoms. The maximum absolute atomic E-state index is 6.30. The summed E-state index contributed by atoms with van der Waals surface area (Å²) in [6.45, 7) is 8.19. The zero-order valence-electron chi connectivity index (χ0n) is 13.0. The molecule has 1 saturated heterocycles. The Morgan fingerprint density at radius 1 is 1.24 bits per heavy atom. The SMILES string of the molecule is CCCNCc1ccc(OCCN2CCCCC2)c(Cl)c1. The van der Waals surface area contributed by atoms with E-state index in [2.05, 4.69) is 23.2 Å². The van der Waals surface area contributed by atoms with Crippen molar-refractivity contribution in [2.75, 3.05) is 32.8 Å². The molecule has 2 rings (SSSR count). The van der Waals surface area contributed by atoms with Gasteiger partial charge in [-0.15, -0.1) is 0 Å². The van der Waals surface area contributed by atoms with Gasteiger partial charge in [-0.3, -0.25) is 4.90 Å². The predicted octanol–water partition coefficient (Wildman–Crippen LogP) is 3.70. The lowest BCUT2D eigenvalue weighted by Crippen LogP contribution is -2.33. The van der Waals surface area contributed by atoms with E-state index in [1.807, 2.05) is 12.1 Å². The summed E-state index contributed by atoms with van der Waals surface area (Å²) < 4.78 is 5.83. The highest BCUT2D eigenvalue weighted by Crippen LogP contribution is 2.25. The van der Waals surface area contributed by atoms with Gasteiger partial charge in [-0.1, -0.05) is 31.0 Å². The average molecular weight is 311 g/mol. The van der Waals surface area contributed by atoms with Gasteiger partial charge in [-0.05, 0) is 56.6 Å². The van der Waals surface area contributed by atoms with Crippen LogP contribution in [0.4, 0.5) is 0 Å². The number of nitrogens with zero attached hydrogens (tertiary/aromatic N) is 1. The minimum Gasteiger partial charge on any atom is -0.491 e. The molecule has 1 N–H and O–H groups in total. The number of halogens is 1. The third-order valence-corrected chi connectivity index (χ3v) is 4.16. The van der Waals surface area contributed by atoms with Gasteiger partial charge in [0.2, 0.25) is 0 Å². The minimum absolute atomic E-state index is 0.712. The second kappa shape index (κ2) is 9.29. The van der Waals surface area contributed by atoms with Crippen LogP contribution in [0.25, 0.3) is 0 Å². The number of hydrogen-bond donors (Lipinski definition) is 1. The molecule has 0 spiro atoms. The highest BCUT2D eigenvalue weighted by molar-refractivity contribution is 6.32. The number of piperidine rings is 1. The molecule has 0 atom stereocenters. The Labute approximate surface area is 133 Å².